The lowest BCUT2D eigenvalue weighted by molar-refractivity contribution is -0.196. The Bertz CT molecular complexity index is 794. The van der Waals surface area contributed by atoms with Crippen molar-refractivity contribution < 1.29 is 37.3 Å². The minimum atomic E-state index is -2.88. The summed E-state index contributed by atoms with van der Waals surface area (Å²) in [6.45, 7) is 12.8. The largest absolute Gasteiger partial charge is 0.469 e. The van der Waals surface area contributed by atoms with Crippen LogP contribution in [0.5, 0.6) is 0 Å². The number of allylic oxidation sites excluding steroid dienone is 2. The van der Waals surface area contributed by atoms with E-state index in [-0.39, 0.29) is 48.1 Å². The van der Waals surface area contributed by atoms with Crippen molar-refractivity contribution in [3.8, 4) is 0 Å². The third-order valence-electron chi connectivity index (χ3n) is 9.32. The van der Waals surface area contributed by atoms with Gasteiger partial charge in [-0.2, -0.15) is 0 Å². The summed E-state index contributed by atoms with van der Waals surface area (Å²) >= 11 is 0. The van der Waals surface area contributed by atoms with Crippen LogP contribution in [0, 0.1) is 11.8 Å². The molecule has 0 spiro atoms. The first-order valence-corrected chi connectivity index (χ1v) is 18.8. The standard InChI is InChI=1S/C32H58F2O6Si/c1-8-21-32(33,34)28(40-41(6,7)31(2,3)4)18-15-17-25-24(16-11-9-10-12-19-29(36)37-5)26(35)23-27(25)39-30-20-13-14-22-38-30/h9,11,24-28,30,35H,8,10,12-23H2,1-7H3/t24-,25-,26+,27-,28?,30?/m1/s1. The van der Waals surface area contributed by atoms with Crippen LogP contribution in [0.4, 0.5) is 8.78 Å². The number of hydrogen-bond acceptors (Lipinski definition) is 6. The molecule has 2 rings (SSSR count). The summed E-state index contributed by atoms with van der Waals surface area (Å²) in [5.41, 5.74) is 0. The number of halogens is 2. The van der Waals surface area contributed by atoms with Crippen LogP contribution in [0.3, 0.4) is 0 Å². The van der Waals surface area contributed by atoms with Crippen LogP contribution < -0.4 is 0 Å². The average Bonchev–Trinajstić information content (AvgIpc) is 3.18. The highest BCUT2D eigenvalue weighted by molar-refractivity contribution is 6.74. The van der Waals surface area contributed by atoms with Crippen molar-refractivity contribution in [1.82, 2.24) is 0 Å². The Hall–Kier alpha value is -0.873. The van der Waals surface area contributed by atoms with E-state index in [9.17, 15) is 9.90 Å². The van der Waals surface area contributed by atoms with Gasteiger partial charge in [0.2, 0.25) is 0 Å². The average molecular weight is 605 g/mol. The maximum Gasteiger partial charge on any atom is 0.305 e. The Morgan fingerprint density at radius 1 is 1.15 bits per heavy atom. The summed E-state index contributed by atoms with van der Waals surface area (Å²) < 4.78 is 54.0. The molecule has 1 N–H and O–H groups in total. The number of methoxy groups -OCH3 is 1. The zero-order valence-electron chi connectivity index (χ0n) is 26.8. The second kappa shape index (κ2) is 16.8. The SMILES string of the molecule is CCCC(F)(F)C(CCC[C@@H]1[C@@H](CC=CCCCC(=O)OC)[C@@H](O)C[C@H]1OC1CCCCO1)O[Si](C)(C)C(C)(C)C. The fourth-order valence-electron chi connectivity index (χ4n) is 5.81. The van der Waals surface area contributed by atoms with Gasteiger partial charge >= 0.3 is 5.97 Å². The second-order valence-electron chi connectivity index (χ2n) is 13.6. The molecule has 0 aromatic heterocycles. The summed E-state index contributed by atoms with van der Waals surface area (Å²) in [5, 5.41) is 10.9. The van der Waals surface area contributed by atoms with E-state index in [1.807, 2.05) is 13.1 Å². The van der Waals surface area contributed by atoms with Crippen LogP contribution in [0.1, 0.15) is 111 Å². The number of esters is 1. The molecule has 6 atom stereocenters. The van der Waals surface area contributed by atoms with Gasteiger partial charge in [-0.3, -0.25) is 4.79 Å². The molecule has 240 valence electrons. The first-order chi connectivity index (χ1) is 19.2. The Kier molecular flexibility index (Phi) is 14.9. The number of aliphatic hydroxyl groups excluding tert-OH is 1. The minimum absolute atomic E-state index is 0.0173. The fraction of sp³-hybridized carbons (Fsp3) is 0.906. The molecule has 1 aliphatic carbocycles. The number of unbranched alkanes of at least 4 members (excludes halogenated alkanes) is 1. The maximum atomic E-state index is 15.4. The van der Waals surface area contributed by atoms with Gasteiger partial charge in [-0.05, 0) is 81.3 Å². The maximum absolute atomic E-state index is 15.4. The zero-order valence-corrected chi connectivity index (χ0v) is 27.8. The third-order valence-corrected chi connectivity index (χ3v) is 13.8. The summed E-state index contributed by atoms with van der Waals surface area (Å²) in [6.07, 6.45) is 9.87. The zero-order chi connectivity index (χ0) is 30.7. The van der Waals surface area contributed by atoms with Crippen LogP contribution in [-0.4, -0.2) is 63.6 Å². The summed E-state index contributed by atoms with van der Waals surface area (Å²) in [4.78, 5) is 11.4. The Labute approximate surface area is 249 Å². The lowest BCUT2D eigenvalue weighted by Gasteiger charge is -2.41. The molecule has 41 heavy (non-hydrogen) atoms. The van der Waals surface area contributed by atoms with Crippen LogP contribution in [0.2, 0.25) is 18.1 Å². The number of aliphatic hydroxyl groups is 1. The molecule has 0 aromatic carbocycles. The minimum Gasteiger partial charge on any atom is -0.469 e. The highest BCUT2D eigenvalue weighted by atomic mass is 28.4. The molecule has 0 aromatic rings. The van der Waals surface area contributed by atoms with E-state index in [0.29, 0.717) is 51.6 Å². The van der Waals surface area contributed by atoms with Gasteiger partial charge < -0.3 is 23.7 Å². The van der Waals surface area contributed by atoms with Crippen molar-refractivity contribution in [1.29, 1.82) is 0 Å². The molecule has 1 aliphatic heterocycles. The molecular weight excluding hydrogens is 546 g/mol. The third kappa shape index (κ3) is 11.6. The van der Waals surface area contributed by atoms with Gasteiger partial charge in [0.05, 0.1) is 19.3 Å². The number of alkyl halides is 2. The molecule has 6 nitrogen and oxygen atoms in total. The van der Waals surface area contributed by atoms with Crippen molar-refractivity contribution in [2.75, 3.05) is 13.7 Å². The van der Waals surface area contributed by atoms with Gasteiger partial charge in [-0.25, -0.2) is 8.78 Å². The van der Waals surface area contributed by atoms with E-state index < -0.39 is 26.4 Å². The highest BCUT2D eigenvalue weighted by Gasteiger charge is 2.47. The molecule has 0 radical (unpaired) electrons. The molecule has 2 aliphatic rings. The van der Waals surface area contributed by atoms with Crippen molar-refractivity contribution >= 4 is 14.3 Å². The molecule has 1 heterocycles. The van der Waals surface area contributed by atoms with Crippen LogP contribution in [0.15, 0.2) is 12.2 Å². The van der Waals surface area contributed by atoms with E-state index >= 15 is 8.78 Å². The fourth-order valence-corrected chi connectivity index (χ4v) is 7.17. The van der Waals surface area contributed by atoms with Crippen molar-refractivity contribution in [2.45, 2.75) is 160 Å². The van der Waals surface area contributed by atoms with E-state index in [1.165, 1.54) is 7.11 Å². The molecule has 0 amide bonds. The quantitative estimate of drug-likeness (QED) is 0.0781. The van der Waals surface area contributed by atoms with Crippen LogP contribution >= 0.6 is 0 Å². The van der Waals surface area contributed by atoms with E-state index in [1.54, 1.807) is 6.92 Å². The lowest BCUT2D eigenvalue weighted by atomic mass is 9.85. The first-order valence-electron chi connectivity index (χ1n) is 15.9. The summed E-state index contributed by atoms with van der Waals surface area (Å²) in [6, 6.07) is 0. The van der Waals surface area contributed by atoms with Gasteiger partial charge in [0.1, 0.15) is 6.10 Å². The van der Waals surface area contributed by atoms with Crippen LogP contribution in [-0.2, 0) is 23.4 Å². The monoisotopic (exact) mass is 604 g/mol. The normalized spacial score (nSPS) is 26.9. The molecular formula is C32H58F2O6Si. The Morgan fingerprint density at radius 3 is 2.49 bits per heavy atom. The molecule has 0 bridgehead atoms. The van der Waals surface area contributed by atoms with E-state index in [2.05, 4.69) is 32.9 Å². The molecule has 2 fully saturated rings. The number of hydrogen-bond donors (Lipinski definition) is 1. The Balaban J connectivity index is 2.11. The van der Waals surface area contributed by atoms with E-state index in [4.69, 9.17) is 18.6 Å². The first kappa shape index (κ1) is 36.3. The predicted octanol–water partition coefficient (Wildman–Crippen LogP) is 8.18. The van der Waals surface area contributed by atoms with Crippen molar-refractivity contribution in [3.05, 3.63) is 12.2 Å². The van der Waals surface area contributed by atoms with Crippen molar-refractivity contribution in [3.63, 3.8) is 0 Å². The summed E-state index contributed by atoms with van der Waals surface area (Å²) in [5.74, 6) is -3.06. The molecule has 2 unspecified atom stereocenters. The number of carbonyl (C=O) groups is 1. The van der Waals surface area contributed by atoms with E-state index in [0.717, 1.165) is 25.7 Å². The van der Waals surface area contributed by atoms with Gasteiger partial charge in [0.25, 0.3) is 5.92 Å². The summed E-state index contributed by atoms with van der Waals surface area (Å²) in [7, 11) is -1.00. The highest BCUT2D eigenvalue weighted by Crippen LogP contribution is 2.44. The molecule has 9 heteroatoms. The molecule has 1 saturated carbocycles. The number of carbonyl (C=O) groups excluding carboxylic acids is 1. The number of ether oxygens (including phenoxy) is 3. The second-order valence-corrected chi connectivity index (χ2v) is 18.3. The Morgan fingerprint density at radius 2 is 1.88 bits per heavy atom. The van der Waals surface area contributed by atoms with Gasteiger partial charge in [-0.15, -0.1) is 0 Å². The predicted molar refractivity (Wildman–Crippen MR) is 161 cm³/mol. The van der Waals surface area contributed by atoms with Gasteiger partial charge in [0, 0.05) is 25.9 Å². The van der Waals surface area contributed by atoms with Crippen molar-refractivity contribution in [2.24, 2.45) is 11.8 Å². The number of rotatable bonds is 17. The van der Waals surface area contributed by atoms with Gasteiger partial charge in [0.15, 0.2) is 14.6 Å². The lowest BCUT2D eigenvalue weighted by Crippen LogP contribution is -2.49. The van der Waals surface area contributed by atoms with Crippen LogP contribution in [0.25, 0.3) is 0 Å². The molecule has 1 saturated heterocycles. The van der Waals surface area contributed by atoms with Gasteiger partial charge in [-0.1, -0.05) is 52.7 Å². The smallest absolute Gasteiger partial charge is 0.305 e. The topological polar surface area (TPSA) is 74.2 Å².